The number of nitrogens with zero attached hydrogens (tertiary/aromatic N) is 3. The van der Waals surface area contributed by atoms with Gasteiger partial charge in [-0.2, -0.15) is 9.82 Å². The molecule has 1 aliphatic heterocycles. The molecule has 3 aromatic rings. The molecule has 11 heteroatoms. The molecule has 4 rings (SSSR count). The first-order valence-electron chi connectivity index (χ1n) is 12.5. The van der Waals surface area contributed by atoms with Gasteiger partial charge in [-0.15, -0.1) is 5.10 Å². The van der Waals surface area contributed by atoms with E-state index in [9.17, 15) is 22.3 Å². The van der Waals surface area contributed by atoms with Gasteiger partial charge in [-0.25, -0.2) is 22.2 Å². The van der Waals surface area contributed by atoms with Crippen LogP contribution in [0.2, 0.25) is 0 Å². The summed E-state index contributed by atoms with van der Waals surface area (Å²) in [5.74, 6) is -1.49. The van der Waals surface area contributed by atoms with E-state index in [4.69, 9.17) is 4.74 Å². The molecule has 2 N–H and O–H groups in total. The van der Waals surface area contributed by atoms with Crippen LogP contribution in [0.15, 0.2) is 47.5 Å². The lowest BCUT2D eigenvalue weighted by atomic mass is 9.76. The van der Waals surface area contributed by atoms with Crippen molar-refractivity contribution in [2.45, 2.75) is 62.4 Å². The average molecular weight is 547 g/mol. The van der Waals surface area contributed by atoms with Gasteiger partial charge in [0, 0.05) is 0 Å². The molecule has 2 atom stereocenters. The standard InChI is InChI=1S/C27H32F2N4O4S/c1-5-17(3)18-13-21(24-19(28)9-7-10-20(24)29)31-32-25(18)26(4,6-2)22-11-8-12-23(30-22)38(35,36)33-27(14-34)15-37-16-27/h7-13,17,33-34H,5-6,14-16H2,1-4H3/t17-,26-/m0/s1. The van der Waals surface area contributed by atoms with Crippen molar-refractivity contribution in [2.75, 3.05) is 19.8 Å². The molecule has 0 bridgehead atoms. The maximum atomic E-state index is 14.5. The van der Waals surface area contributed by atoms with Crippen LogP contribution in [0.25, 0.3) is 11.3 Å². The Bertz CT molecular complexity index is 1410. The van der Waals surface area contributed by atoms with Gasteiger partial charge in [0.2, 0.25) is 0 Å². The third kappa shape index (κ3) is 5.07. The molecule has 0 amide bonds. The van der Waals surface area contributed by atoms with Crippen LogP contribution < -0.4 is 4.72 Å². The Balaban J connectivity index is 1.81. The zero-order chi connectivity index (χ0) is 27.7. The monoisotopic (exact) mass is 546 g/mol. The molecule has 0 spiro atoms. The lowest BCUT2D eigenvalue weighted by Crippen LogP contribution is -2.64. The summed E-state index contributed by atoms with van der Waals surface area (Å²) in [5.41, 5.74) is -0.329. The molecule has 1 aromatic carbocycles. The van der Waals surface area contributed by atoms with Crippen molar-refractivity contribution in [1.82, 2.24) is 19.9 Å². The number of aliphatic hydroxyl groups excluding tert-OH is 1. The van der Waals surface area contributed by atoms with Gasteiger partial charge < -0.3 is 9.84 Å². The molecule has 0 aliphatic carbocycles. The highest BCUT2D eigenvalue weighted by Crippen LogP contribution is 2.39. The second kappa shape index (κ2) is 10.7. The van der Waals surface area contributed by atoms with E-state index in [1.54, 1.807) is 18.2 Å². The van der Waals surface area contributed by atoms with Gasteiger partial charge in [0.15, 0.2) is 5.03 Å². The molecule has 0 unspecified atom stereocenters. The van der Waals surface area contributed by atoms with Crippen molar-refractivity contribution in [3.05, 3.63) is 71.1 Å². The smallest absolute Gasteiger partial charge is 0.258 e. The Hall–Kier alpha value is -2.86. The second-order valence-corrected chi connectivity index (χ2v) is 11.7. The molecular weight excluding hydrogens is 514 g/mol. The van der Waals surface area contributed by atoms with Crippen LogP contribution in [-0.2, 0) is 20.2 Å². The molecular formula is C27H32F2N4O4S. The van der Waals surface area contributed by atoms with Crippen molar-refractivity contribution in [3.8, 4) is 11.3 Å². The van der Waals surface area contributed by atoms with Crippen molar-refractivity contribution >= 4 is 10.0 Å². The van der Waals surface area contributed by atoms with Crippen LogP contribution in [0, 0.1) is 11.6 Å². The number of hydrogen-bond donors (Lipinski definition) is 2. The van der Waals surface area contributed by atoms with E-state index in [2.05, 4.69) is 19.9 Å². The van der Waals surface area contributed by atoms with Crippen LogP contribution in [0.3, 0.4) is 0 Å². The Labute approximate surface area is 221 Å². The summed E-state index contributed by atoms with van der Waals surface area (Å²) in [6.07, 6.45) is 1.23. The highest BCUT2D eigenvalue weighted by Gasteiger charge is 2.43. The van der Waals surface area contributed by atoms with Crippen LogP contribution in [0.1, 0.15) is 63.4 Å². The minimum absolute atomic E-state index is 0.0310. The maximum Gasteiger partial charge on any atom is 0.258 e. The lowest BCUT2D eigenvalue weighted by Gasteiger charge is -2.39. The van der Waals surface area contributed by atoms with Crippen LogP contribution in [-0.4, -0.2) is 54.1 Å². The number of sulfonamides is 1. The summed E-state index contributed by atoms with van der Waals surface area (Å²) in [4.78, 5) is 4.52. The molecule has 0 saturated carbocycles. The second-order valence-electron chi connectivity index (χ2n) is 10.0. The Morgan fingerprint density at radius 1 is 1.13 bits per heavy atom. The molecule has 38 heavy (non-hydrogen) atoms. The van der Waals surface area contributed by atoms with E-state index < -0.39 is 39.2 Å². The summed E-state index contributed by atoms with van der Waals surface area (Å²) >= 11 is 0. The van der Waals surface area contributed by atoms with Gasteiger partial charge in [0.1, 0.15) is 17.2 Å². The third-order valence-electron chi connectivity index (χ3n) is 7.39. The van der Waals surface area contributed by atoms with Gasteiger partial charge in [-0.05, 0) is 61.6 Å². The van der Waals surface area contributed by atoms with Gasteiger partial charge >= 0.3 is 0 Å². The first-order valence-corrected chi connectivity index (χ1v) is 14.0. The average Bonchev–Trinajstić information content (AvgIpc) is 2.89. The van der Waals surface area contributed by atoms with Crippen LogP contribution in [0.4, 0.5) is 8.78 Å². The van der Waals surface area contributed by atoms with Crippen molar-refractivity contribution in [2.24, 2.45) is 0 Å². The number of nitrogens with one attached hydrogen (secondary N) is 1. The van der Waals surface area contributed by atoms with Crippen molar-refractivity contribution < 1.29 is 27.0 Å². The topological polar surface area (TPSA) is 114 Å². The van der Waals surface area contributed by atoms with E-state index in [0.29, 0.717) is 17.8 Å². The molecule has 1 aliphatic rings. The number of pyridine rings is 1. The summed E-state index contributed by atoms with van der Waals surface area (Å²) in [5, 5.41) is 18.2. The molecule has 3 heterocycles. The summed E-state index contributed by atoms with van der Waals surface area (Å²) in [6.45, 7) is 7.55. The third-order valence-corrected chi connectivity index (χ3v) is 8.87. The number of halogens is 2. The summed E-state index contributed by atoms with van der Waals surface area (Å²) in [6, 6.07) is 10.0. The number of ether oxygens (including phenoxy) is 1. The van der Waals surface area contributed by atoms with Crippen molar-refractivity contribution in [3.63, 3.8) is 0 Å². The number of aromatic nitrogens is 3. The van der Waals surface area contributed by atoms with Gasteiger partial charge in [-0.3, -0.25) is 0 Å². The van der Waals surface area contributed by atoms with Crippen molar-refractivity contribution in [1.29, 1.82) is 0 Å². The fraction of sp³-hybridized carbons (Fsp3) is 0.444. The number of rotatable bonds is 10. The van der Waals surface area contributed by atoms with E-state index >= 15 is 0 Å². The zero-order valence-electron chi connectivity index (χ0n) is 21.8. The Morgan fingerprint density at radius 2 is 1.79 bits per heavy atom. The van der Waals surface area contributed by atoms with E-state index in [1.165, 1.54) is 24.3 Å². The van der Waals surface area contributed by atoms with Crippen LogP contribution >= 0.6 is 0 Å². The van der Waals surface area contributed by atoms with E-state index in [0.717, 1.165) is 12.0 Å². The summed E-state index contributed by atoms with van der Waals surface area (Å²) < 4.78 is 63.0. The highest BCUT2D eigenvalue weighted by atomic mass is 32.2. The first kappa shape index (κ1) is 28.2. The predicted molar refractivity (Wildman–Crippen MR) is 138 cm³/mol. The summed E-state index contributed by atoms with van der Waals surface area (Å²) in [7, 11) is -4.07. The van der Waals surface area contributed by atoms with Crippen LogP contribution in [0.5, 0.6) is 0 Å². The lowest BCUT2D eigenvalue weighted by molar-refractivity contribution is -0.0858. The molecule has 8 nitrogen and oxygen atoms in total. The largest absolute Gasteiger partial charge is 0.394 e. The maximum absolute atomic E-state index is 14.5. The number of hydrogen-bond acceptors (Lipinski definition) is 7. The molecule has 0 radical (unpaired) electrons. The number of benzene rings is 1. The highest BCUT2D eigenvalue weighted by molar-refractivity contribution is 7.89. The molecule has 1 saturated heterocycles. The Kier molecular flexibility index (Phi) is 7.94. The fourth-order valence-electron chi connectivity index (χ4n) is 4.51. The Morgan fingerprint density at radius 3 is 2.34 bits per heavy atom. The first-order chi connectivity index (χ1) is 18.0. The SMILES string of the molecule is CC[C@H](C)c1cc(-c2c(F)cccc2F)nnc1[C@@](C)(CC)c1cccc(S(=O)(=O)NC2(CO)COC2)n1. The minimum Gasteiger partial charge on any atom is -0.394 e. The molecule has 2 aromatic heterocycles. The number of aliphatic hydroxyl groups is 1. The predicted octanol–water partition coefficient (Wildman–Crippen LogP) is 4.09. The molecule has 204 valence electrons. The zero-order valence-corrected chi connectivity index (χ0v) is 22.6. The van der Waals surface area contributed by atoms with Gasteiger partial charge in [-0.1, -0.05) is 32.9 Å². The fourth-order valence-corrected chi connectivity index (χ4v) is 5.84. The quantitative estimate of drug-likeness (QED) is 0.394. The normalized spacial score (nSPS) is 17.4. The van der Waals surface area contributed by atoms with Gasteiger partial charge in [0.25, 0.3) is 10.0 Å². The molecule has 1 fully saturated rings. The van der Waals surface area contributed by atoms with E-state index in [1.807, 2.05) is 27.7 Å². The van der Waals surface area contributed by atoms with E-state index in [-0.39, 0.29) is 35.4 Å². The minimum atomic E-state index is -4.07. The van der Waals surface area contributed by atoms with Gasteiger partial charge in [0.05, 0.1) is 47.9 Å².